The quantitative estimate of drug-likeness (QED) is 0.658. The van der Waals surface area contributed by atoms with Crippen LogP contribution in [0.4, 0.5) is 5.69 Å². The minimum Gasteiger partial charge on any atom is -0.483 e. The lowest BCUT2D eigenvalue weighted by molar-refractivity contribution is -0.118. The van der Waals surface area contributed by atoms with Crippen LogP contribution in [0.3, 0.4) is 0 Å². The van der Waals surface area contributed by atoms with E-state index in [1.165, 1.54) is 32.3 Å². The Morgan fingerprint density at radius 2 is 1.72 bits per heavy atom. The van der Waals surface area contributed by atoms with Crippen LogP contribution >= 0.6 is 0 Å². The summed E-state index contributed by atoms with van der Waals surface area (Å²) in [4.78, 5) is 23.9. The average Bonchev–Trinajstić information content (AvgIpc) is 2.67. The number of amides is 1. The molecular formula is C20H24N2O6S. The second kappa shape index (κ2) is 9.53. The highest BCUT2D eigenvalue weighted by atomic mass is 32.2. The van der Waals surface area contributed by atoms with E-state index in [-0.39, 0.29) is 18.1 Å². The molecule has 156 valence electrons. The number of carbonyl (C=O) groups is 2. The number of sulfonamides is 1. The molecule has 2 aromatic rings. The number of esters is 1. The minimum absolute atomic E-state index is 0.151. The van der Waals surface area contributed by atoms with Crippen LogP contribution in [0, 0.1) is 6.92 Å². The number of aryl methyl sites for hydroxylation is 1. The maximum Gasteiger partial charge on any atom is 0.338 e. The van der Waals surface area contributed by atoms with Gasteiger partial charge in [0.15, 0.2) is 6.61 Å². The lowest BCUT2D eigenvalue weighted by atomic mass is 10.2. The van der Waals surface area contributed by atoms with Crippen LogP contribution < -0.4 is 10.1 Å². The Kier molecular flexibility index (Phi) is 7.35. The number of nitrogens with zero attached hydrogens (tertiary/aromatic N) is 1. The van der Waals surface area contributed by atoms with E-state index in [2.05, 4.69) is 5.32 Å². The maximum atomic E-state index is 12.2. The number of anilines is 1. The number of ether oxygens (including phenoxy) is 2. The largest absolute Gasteiger partial charge is 0.483 e. The van der Waals surface area contributed by atoms with E-state index in [0.717, 1.165) is 4.31 Å². The van der Waals surface area contributed by atoms with Crippen LogP contribution in [0.1, 0.15) is 22.8 Å². The highest BCUT2D eigenvalue weighted by Gasteiger charge is 2.18. The lowest BCUT2D eigenvalue weighted by Crippen LogP contribution is -2.22. The molecule has 0 unspecified atom stereocenters. The lowest BCUT2D eigenvalue weighted by Gasteiger charge is -2.14. The van der Waals surface area contributed by atoms with Crippen molar-refractivity contribution in [3.63, 3.8) is 0 Å². The van der Waals surface area contributed by atoms with E-state index in [0.29, 0.717) is 22.6 Å². The molecule has 0 atom stereocenters. The monoisotopic (exact) mass is 420 g/mol. The maximum absolute atomic E-state index is 12.2. The normalized spacial score (nSPS) is 11.2. The Labute approximate surface area is 170 Å². The summed E-state index contributed by atoms with van der Waals surface area (Å²) in [5.41, 5.74) is 1.50. The third kappa shape index (κ3) is 5.78. The summed E-state index contributed by atoms with van der Waals surface area (Å²) in [6.07, 6.45) is 0. The van der Waals surface area contributed by atoms with Crippen LogP contribution in [0.25, 0.3) is 0 Å². The van der Waals surface area contributed by atoms with Crippen molar-refractivity contribution in [2.75, 3.05) is 32.6 Å². The molecule has 1 N–H and O–H groups in total. The smallest absolute Gasteiger partial charge is 0.338 e. The molecule has 0 bridgehead atoms. The van der Waals surface area contributed by atoms with Gasteiger partial charge in [-0.15, -0.1) is 0 Å². The third-order valence-corrected chi connectivity index (χ3v) is 5.77. The Balaban J connectivity index is 1.96. The van der Waals surface area contributed by atoms with Gasteiger partial charge >= 0.3 is 5.97 Å². The molecule has 8 nitrogen and oxygen atoms in total. The Morgan fingerprint density at radius 3 is 2.28 bits per heavy atom. The van der Waals surface area contributed by atoms with Crippen molar-refractivity contribution in [3.8, 4) is 5.75 Å². The SMILES string of the molecule is CCOC(=O)c1ccc(NC(=O)COc2ccc(S(=O)(=O)N(C)C)cc2C)cc1. The van der Waals surface area contributed by atoms with Gasteiger partial charge in [0.1, 0.15) is 5.75 Å². The Bertz CT molecular complexity index is 985. The van der Waals surface area contributed by atoms with Crippen molar-refractivity contribution in [1.29, 1.82) is 0 Å². The Morgan fingerprint density at radius 1 is 1.07 bits per heavy atom. The molecule has 0 saturated heterocycles. The zero-order valence-electron chi connectivity index (χ0n) is 16.8. The molecule has 0 fully saturated rings. The predicted octanol–water partition coefficient (Wildman–Crippen LogP) is 2.44. The molecule has 0 saturated carbocycles. The second-order valence-electron chi connectivity index (χ2n) is 6.35. The van der Waals surface area contributed by atoms with Crippen molar-refractivity contribution in [3.05, 3.63) is 53.6 Å². The summed E-state index contributed by atoms with van der Waals surface area (Å²) in [5.74, 6) is -0.405. The van der Waals surface area contributed by atoms with Gasteiger partial charge in [0.2, 0.25) is 10.0 Å². The summed E-state index contributed by atoms with van der Waals surface area (Å²) in [5, 5.41) is 2.66. The molecule has 0 radical (unpaired) electrons. The molecule has 0 aliphatic carbocycles. The summed E-state index contributed by atoms with van der Waals surface area (Å²) >= 11 is 0. The van der Waals surface area contributed by atoms with Gasteiger partial charge in [-0.25, -0.2) is 17.5 Å². The van der Waals surface area contributed by atoms with Gasteiger partial charge in [-0.3, -0.25) is 4.79 Å². The first-order chi connectivity index (χ1) is 13.6. The molecule has 29 heavy (non-hydrogen) atoms. The molecule has 0 aromatic heterocycles. The summed E-state index contributed by atoms with van der Waals surface area (Å²) in [6, 6.07) is 10.8. The first kappa shape index (κ1) is 22.4. The third-order valence-electron chi connectivity index (χ3n) is 3.96. The van der Waals surface area contributed by atoms with Gasteiger partial charge in [0.05, 0.1) is 17.1 Å². The molecule has 0 aliphatic heterocycles. The molecule has 2 aromatic carbocycles. The molecule has 0 aliphatic rings. The molecule has 1 amide bonds. The van der Waals surface area contributed by atoms with Gasteiger partial charge in [-0.1, -0.05) is 0 Å². The van der Waals surface area contributed by atoms with Crippen molar-refractivity contribution < 1.29 is 27.5 Å². The number of hydrogen-bond donors (Lipinski definition) is 1. The van der Waals surface area contributed by atoms with Gasteiger partial charge < -0.3 is 14.8 Å². The topological polar surface area (TPSA) is 102 Å². The summed E-state index contributed by atoms with van der Waals surface area (Å²) in [7, 11) is -0.622. The molecule has 9 heteroatoms. The van der Waals surface area contributed by atoms with E-state index in [4.69, 9.17) is 9.47 Å². The van der Waals surface area contributed by atoms with Crippen molar-refractivity contribution in [1.82, 2.24) is 4.31 Å². The Hall–Kier alpha value is -2.91. The van der Waals surface area contributed by atoms with Crippen LogP contribution in [0.5, 0.6) is 5.75 Å². The number of nitrogens with one attached hydrogen (secondary N) is 1. The van der Waals surface area contributed by atoms with Crippen LogP contribution in [-0.4, -0.2) is 51.9 Å². The zero-order valence-corrected chi connectivity index (χ0v) is 17.6. The fraction of sp³-hybridized carbons (Fsp3) is 0.300. The molecule has 2 rings (SSSR count). The fourth-order valence-electron chi connectivity index (χ4n) is 2.40. The van der Waals surface area contributed by atoms with E-state index >= 15 is 0 Å². The van der Waals surface area contributed by atoms with Crippen molar-refractivity contribution >= 4 is 27.6 Å². The summed E-state index contributed by atoms with van der Waals surface area (Å²) in [6.45, 7) is 3.47. The highest BCUT2D eigenvalue weighted by molar-refractivity contribution is 7.89. The fourth-order valence-corrected chi connectivity index (χ4v) is 3.39. The second-order valence-corrected chi connectivity index (χ2v) is 8.50. The van der Waals surface area contributed by atoms with Crippen molar-refractivity contribution in [2.24, 2.45) is 0 Å². The summed E-state index contributed by atoms with van der Waals surface area (Å²) < 4.78 is 35.8. The van der Waals surface area contributed by atoms with Gasteiger partial charge in [0.25, 0.3) is 5.91 Å². The number of carbonyl (C=O) groups excluding carboxylic acids is 2. The first-order valence-corrected chi connectivity index (χ1v) is 10.3. The molecule has 0 spiro atoms. The van der Waals surface area contributed by atoms with Crippen LogP contribution in [-0.2, 0) is 19.6 Å². The van der Waals surface area contributed by atoms with Gasteiger partial charge in [-0.05, 0) is 61.9 Å². The zero-order chi connectivity index (χ0) is 21.6. The van der Waals surface area contributed by atoms with E-state index in [1.54, 1.807) is 38.1 Å². The number of benzene rings is 2. The van der Waals surface area contributed by atoms with E-state index in [1.807, 2.05) is 0 Å². The van der Waals surface area contributed by atoms with Crippen LogP contribution in [0.15, 0.2) is 47.4 Å². The standard InChI is InChI=1S/C20H24N2O6S/c1-5-27-20(24)15-6-8-16(9-7-15)21-19(23)13-28-18-11-10-17(12-14(18)2)29(25,26)22(3)4/h6-12H,5,13H2,1-4H3,(H,21,23). The minimum atomic E-state index is -3.54. The average molecular weight is 420 g/mol. The van der Waals surface area contributed by atoms with E-state index < -0.39 is 21.9 Å². The number of hydrogen-bond acceptors (Lipinski definition) is 6. The van der Waals surface area contributed by atoms with Crippen LogP contribution in [0.2, 0.25) is 0 Å². The van der Waals surface area contributed by atoms with Crippen molar-refractivity contribution in [2.45, 2.75) is 18.7 Å². The van der Waals surface area contributed by atoms with Gasteiger partial charge in [-0.2, -0.15) is 0 Å². The van der Waals surface area contributed by atoms with Gasteiger partial charge in [0, 0.05) is 19.8 Å². The predicted molar refractivity (Wildman–Crippen MR) is 109 cm³/mol. The number of rotatable bonds is 8. The molecular weight excluding hydrogens is 396 g/mol. The first-order valence-electron chi connectivity index (χ1n) is 8.88. The molecule has 0 heterocycles. The van der Waals surface area contributed by atoms with E-state index in [9.17, 15) is 18.0 Å². The highest BCUT2D eigenvalue weighted by Crippen LogP contribution is 2.23.